The van der Waals surface area contributed by atoms with E-state index in [1.807, 2.05) is 35.7 Å². The summed E-state index contributed by atoms with van der Waals surface area (Å²) in [6.07, 6.45) is 0. The van der Waals surface area contributed by atoms with Gasteiger partial charge < -0.3 is 10.1 Å². The fraction of sp³-hybridized carbons (Fsp3) is 0.0769. The van der Waals surface area contributed by atoms with Gasteiger partial charge in [-0.1, -0.05) is 18.2 Å². The molecule has 0 saturated carbocycles. The van der Waals surface area contributed by atoms with E-state index < -0.39 is 0 Å². The molecule has 0 radical (unpaired) electrons. The van der Waals surface area contributed by atoms with Gasteiger partial charge in [0.2, 0.25) is 0 Å². The Morgan fingerprint density at radius 1 is 1.26 bits per heavy atom. The Bertz CT molecular complexity index is 582. The lowest BCUT2D eigenvalue weighted by molar-refractivity contribution is 0.0981. The van der Waals surface area contributed by atoms with E-state index in [2.05, 4.69) is 10.6 Å². The van der Waals surface area contributed by atoms with Crippen molar-refractivity contribution in [1.29, 1.82) is 0 Å². The van der Waals surface area contributed by atoms with Crippen LogP contribution < -0.4 is 15.4 Å². The Morgan fingerprint density at radius 2 is 2.05 bits per heavy atom. The quantitative estimate of drug-likeness (QED) is 0.854. The molecule has 0 atom stereocenters. The highest BCUT2D eigenvalue weighted by Gasteiger charge is 2.09. The summed E-state index contributed by atoms with van der Waals surface area (Å²) in [6.45, 7) is 0. The molecule has 0 aliphatic heterocycles. The lowest BCUT2D eigenvalue weighted by atomic mass is 10.3. The SMILES string of the molecule is COc1ccccc1NC(=S)NC(=O)c1cccs1. The standard InChI is InChI=1S/C13H12N2O2S2/c1-17-10-6-3-2-5-9(10)14-13(18)15-12(16)11-7-4-8-19-11/h2-8H,1H3,(H2,14,15,16,18). The Balaban J connectivity index is 2.00. The van der Waals surface area contributed by atoms with Gasteiger partial charge >= 0.3 is 0 Å². The van der Waals surface area contributed by atoms with Gasteiger partial charge in [0, 0.05) is 0 Å². The molecule has 0 fully saturated rings. The molecule has 1 aromatic carbocycles. The van der Waals surface area contributed by atoms with Crippen molar-refractivity contribution in [3.63, 3.8) is 0 Å². The van der Waals surface area contributed by atoms with Crippen LogP contribution in [0.5, 0.6) is 5.75 Å². The van der Waals surface area contributed by atoms with Crippen LogP contribution in [0, 0.1) is 0 Å². The number of methoxy groups -OCH3 is 1. The molecule has 2 rings (SSSR count). The van der Waals surface area contributed by atoms with E-state index in [0.717, 1.165) is 0 Å². The molecule has 98 valence electrons. The second-order valence-corrected chi connectivity index (χ2v) is 4.94. The lowest BCUT2D eigenvalue weighted by Crippen LogP contribution is -2.33. The van der Waals surface area contributed by atoms with Crippen molar-refractivity contribution in [2.24, 2.45) is 0 Å². The maximum Gasteiger partial charge on any atom is 0.267 e. The van der Waals surface area contributed by atoms with E-state index in [1.54, 1.807) is 13.2 Å². The number of benzene rings is 1. The first-order valence-corrected chi connectivity index (χ1v) is 6.78. The average molecular weight is 292 g/mol. The minimum absolute atomic E-state index is 0.220. The number of hydrogen-bond donors (Lipinski definition) is 2. The van der Waals surface area contributed by atoms with Crippen molar-refractivity contribution in [1.82, 2.24) is 5.32 Å². The summed E-state index contributed by atoms with van der Waals surface area (Å²) in [7, 11) is 1.58. The fourth-order valence-corrected chi connectivity index (χ4v) is 2.30. The Labute approximate surface area is 120 Å². The number of carbonyl (C=O) groups excluding carboxylic acids is 1. The van der Waals surface area contributed by atoms with E-state index in [0.29, 0.717) is 16.3 Å². The van der Waals surface area contributed by atoms with Crippen LogP contribution >= 0.6 is 23.6 Å². The highest BCUT2D eigenvalue weighted by atomic mass is 32.1. The van der Waals surface area contributed by atoms with E-state index in [9.17, 15) is 4.79 Å². The highest BCUT2D eigenvalue weighted by molar-refractivity contribution is 7.80. The predicted molar refractivity (Wildman–Crippen MR) is 81.0 cm³/mol. The van der Waals surface area contributed by atoms with Crippen LogP contribution in [0.4, 0.5) is 5.69 Å². The maximum absolute atomic E-state index is 11.8. The molecule has 0 saturated heterocycles. The molecule has 1 amide bonds. The third-order valence-corrected chi connectivity index (χ3v) is 3.40. The van der Waals surface area contributed by atoms with Crippen molar-refractivity contribution in [2.75, 3.05) is 12.4 Å². The molecule has 0 aliphatic carbocycles. The van der Waals surface area contributed by atoms with Gasteiger partial charge in [-0.05, 0) is 35.8 Å². The van der Waals surface area contributed by atoms with E-state index >= 15 is 0 Å². The number of rotatable bonds is 3. The monoisotopic (exact) mass is 292 g/mol. The first kappa shape index (κ1) is 13.5. The van der Waals surface area contributed by atoms with Crippen LogP contribution in [0.1, 0.15) is 9.67 Å². The van der Waals surface area contributed by atoms with Crippen LogP contribution in [0.15, 0.2) is 41.8 Å². The van der Waals surface area contributed by atoms with E-state index in [-0.39, 0.29) is 11.0 Å². The lowest BCUT2D eigenvalue weighted by Gasteiger charge is -2.11. The highest BCUT2D eigenvalue weighted by Crippen LogP contribution is 2.22. The molecule has 6 heteroatoms. The number of thiophene rings is 1. The molecular formula is C13H12N2O2S2. The smallest absolute Gasteiger partial charge is 0.267 e. The molecule has 0 spiro atoms. The van der Waals surface area contributed by atoms with Crippen molar-refractivity contribution in [3.05, 3.63) is 46.7 Å². The Morgan fingerprint density at radius 3 is 2.74 bits per heavy atom. The summed E-state index contributed by atoms with van der Waals surface area (Å²) in [5, 5.41) is 7.63. The van der Waals surface area contributed by atoms with Crippen LogP contribution in [-0.4, -0.2) is 18.1 Å². The molecule has 0 bridgehead atoms. The summed E-state index contributed by atoms with van der Waals surface area (Å²) in [4.78, 5) is 12.4. The van der Waals surface area contributed by atoms with Gasteiger partial charge in [0.1, 0.15) is 5.75 Å². The number of ether oxygens (including phenoxy) is 1. The number of nitrogens with one attached hydrogen (secondary N) is 2. The normalized spacial score (nSPS) is 9.74. The zero-order valence-electron chi connectivity index (χ0n) is 10.2. The summed E-state index contributed by atoms with van der Waals surface area (Å²) < 4.78 is 5.19. The Hall–Kier alpha value is -1.92. The van der Waals surface area contributed by atoms with Gasteiger partial charge in [-0.25, -0.2) is 0 Å². The molecule has 2 aromatic rings. The number of hydrogen-bond acceptors (Lipinski definition) is 4. The topological polar surface area (TPSA) is 50.4 Å². The number of anilines is 1. The zero-order valence-corrected chi connectivity index (χ0v) is 11.8. The van der Waals surface area contributed by atoms with Gasteiger partial charge in [0.05, 0.1) is 17.7 Å². The largest absolute Gasteiger partial charge is 0.495 e. The molecule has 0 aliphatic rings. The summed E-state index contributed by atoms with van der Waals surface area (Å²) >= 11 is 6.46. The number of carbonyl (C=O) groups is 1. The Kier molecular flexibility index (Phi) is 4.48. The fourth-order valence-electron chi connectivity index (χ4n) is 1.47. The third kappa shape index (κ3) is 3.52. The second-order valence-electron chi connectivity index (χ2n) is 3.59. The van der Waals surface area contributed by atoms with E-state index in [4.69, 9.17) is 17.0 Å². The minimum atomic E-state index is -0.220. The van der Waals surface area contributed by atoms with Crippen molar-refractivity contribution in [3.8, 4) is 5.75 Å². The van der Waals surface area contributed by atoms with Crippen LogP contribution in [0.25, 0.3) is 0 Å². The molecule has 19 heavy (non-hydrogen) atoms. The number of para-hydroxylation sites is 2. The minimum Gasteiger partial charge on any atom is -0.495 e. The van der Waals surface area contributed by atoms with Gasteiger partial charge in [-0.15, -0.1) is 11.3 Å². The number of amides is 1. The second kappa shape index (κ2) is 6.31. The number of thiocarbonyl (C=S) groups is 1. The first-order chi connectivity index (χ1) is 9.20. The van der Waals surface area contributed by atoms with Gasteiger partial charge in [0.25, 0.3) is 5.91 Å². The predicted octanol–water partition coefficient (Wildman–Crippen LogP) is 2.88. The molecular weight excluding hydrogens is 280 g/mol. The van der Waals surface area contributed by atoms with Crippen LogP contribution in [0.3, 0.4) is 0 Å². The van der Waals surface area contributed by atoms with Crippen molar-refractivity contribution in [2.45, 2.75) is 0 Å². The van der Waals surface area contributed by atoms with Gasteiger partial charge in [-0.3, -0.25) is 10.1 Å². The molecule has 1 heterocycles. The molecule has 0 unspecified atom stereocenters. The van der Waals surface area contributed by atoms with Crippen LogP contribution in [0.2, 0.25) is 0 Å². The summed E-state index contributed by atoms with van der Waals surface area (Å²) in [5.41, 5.74) is 0.710. The van der Waals surface area contributed by atoms with Crippen LogP contribution in [-0.2, 0) is 0 Å². The molecule has 2 N–H and O–H groups in total. The van der Waals surface area contributed by atoms with E-state index in [1.165, 1.54) is 11.3 Å². The van der Waals surface area contributed by atoms with Crippen molar-refractivity contribution >= 4 is 40.3 Å². The maximum atomic E-state index is 11.8. The molecule has 1 aromatic heterocycles. The van der Waals surface area contributed by atoms with Gasteiger partial charge in [-0.2, -0.15) is 0 Å². The van der Waals surface area contributed by atoms with Crippen molar-refractivity contribution < 1.29 is 9.53 Å². The summed E-state index contributed by atoms with van der Waals surface area (Å²) in [5.74, 6) is 0.442. The molecule has 4 nitrogen and oxygen atoms in total. The zero-order chi connectivity index (χ0) is 13.7. The first-order valence-electron chi connectivity index (χ1n) is 5.49. The average Bonchev–Trinajstić information content (AvgIpc) is 2.93. The third-order valence-electron chi connectivity index (χ3n) is 2.33. The van der Waals surface area contributed by atoms with Gasteiger partial charge in [0.15, 0.2) is 5.11 Å². The summed E-state index contributed by atoms with van der Waals surface area (Å²) in [6, 6.07) is 10.9.